The summed E-state index contributed by atoms with van der Waals surface area (Å²) in [7, 11) is 0.212. The summed E-state index contributed by atoms with van der Waals surface area (Å²) in [5.41, 5.74) is 1.67. The van der Waals surface area contributed by atoms with Gasteiger partial charge in [0.25, 0.3) is 0 Å². The Morgan fingerprint density at radius 1 is 1.34 bits per heavy atom. The Kier molecular flexibility index (Phi) is 8.30. The highest BCUT2D eigenvalue weighted by Crippen LogP contribution is 2.42. The molecule has 1 heterocycles. The van der Waals surface area contributed by atoms with Gasteiger partial charge >= 0.3 is 5.97 Å². The van der Waals surface area contributed by atoms with E-state index >= 15 is 0 Å². The van der Waals surface area contributed by atoms with E-state index in [4.69, 9.17) is 14.6 Å². The van der Waals surface area contributed by atoms with Crippen LogP contribution in [-0.2, 0) is 20.5 Å². The second kappa shape index (κ2) is 11.0. The number of hydrogen-bond acceptors (Lipinski definition) is 6. The van der Waals surface area contributed by atoms with E-state index in [2.05, 4.69) is 4.90 Å². The maximum atomic E-state index is 13.5. The SMILES string of the molecule is CCOCC1CN(c2ccccc2)c2cc(SC)c(O/C=C(\F)C(=O)O)cc2S(=O)N1C. The molecule has 3 rings (SSSR count). The van der Waals surface area contributed by atoms with Crippen LogP contribution in [-0.4, -0.2) is 58.7 Å². The standard InChI is InChI=1S/C22H25FN2O5S2/c1-4-29-13-16-12-25(15-8-6-5-7-9-15)18-10-20(31-3)19(30-14-17(23)22(26)27)11-21(18)32(28)24(16)2/h5-11,14,16H,4,12-13H2,1-3H3,(H,26,27)/b17-14-. The minimum atomic E-state index is -1.72. The van der Waals surface area contributed by atoms with Crippen LogP contribution < -0.4 is 9.64 Å². The molecule has 7 nitrogen and oxygen atoms in total. The summed E-state index contributed by atoms with van der Waals surface area (Å²) in [4.78, 5) is 14.0. The number of carbonyl (C=O) groups is 1. The smallest absolute Gasteiger partial charge is 0.368 e. The van der Waals surface area contributed by atoms with Gasteiger partial charge in [0.05, 0.1) is 28.1 Å². The van der Waals surface area contributed by atoms with Crippen molar-refractivity contribution in [2.75, 3.05) is 38.0 Å². The lowest BCUT2D eigenvalue weighted by atomic mass is 10.2. The van der Waals surface area contributed by atoms with Gasteiger partial charge < -0.3 is 19.5 Å². The number of para-hydroxylation sites is 1. The number of benzene rings is 2. The molecular formula is C22H25FN2O5S2. The molecule has 2 aromatic rings. The van der Waals surface area contributed by atoms with Crippen molar-refractivity contribution < 1.29 is 28.0 Å². The minimum absolute atomic E-state index is 0.158. The van der Waals surface area contributed by atoms with Gasteiger partial charge in [-0.25, -0.2) is 13.3 Å². The lowest BCUT2D eigenvalue weighted by molar-refractivity contribution is -0.134. The number of nitrogens with zero attached hydrogens (tertiary/aromatic N) is 2. The highest BCUT2D eigenvalue weighted by Gasteiger charge is 2.33. The first-order valence-corrected chi connectivity index (χ1v) is 12.2. The van der Waals surface area contributed by atoms with E-state index in [-0.39, 0.29) is 11.8 Å². The van der Waals surface area contributed by atoms with Gasteiger partial charge in [-0.3, -0.25) is 0 Å². The van der Waals surface area contributed by atoms with Crippen molar-refractivity contribution in [2.24, 2.45) is 0 Å². The predicted molar refractivity (Wildman–Crippen MR) is 124 cm³/mol. The number of halogens is 1. The monoisotopic (exact) mass is 480 g/mol. The van der Waals surface area contributed by atoms with Gasteiger partial charge in [0.2, 0.25) is 5.83 Å². The number of carboxylic acids is 1. The topological polar surface area (TPSA) is 79.3 Å². The van der Waals surface area contributed by atoms with E-state index in [0.717, 1.165) is 11.4 Å². The molecule has 0 spiro atoms. The van der Waals surface area contributed by atoms with Crippen molar-refractivity contribution in [3.8, 4) is 5.75 Å². The van der Waals surface area contributed by atoms with Crippen LogP contribution in [0.25, 0.3) is 0 Å². The zero-order valence-corrected chi connectivity index (χ0v) is 19.6. The Morgan fingerprint density at radius 2 is 2.06 bits per heavy atom. The van der Waals surface area contributed by atoms with Crippen LogP contribution in [0.5, 0.6) is 5.75 Å². The normalized spacial score (nSPS) is 19.4. The van der Waals surface area contributed by atoms with Gasteiger partial charge in [-0.1, -0.05) is 18.2 Å². The third kappa shape index (κ3) is 5.32. The Balaban J connectivity index is 2.13. The first-order chi connectivity index (χ1) is 15.4. The van der Waals surface area contributed by atoms with Crippen LogP contribution in [0.2, 0.25) is 0 Å². The van der Waals surface area contributed by atoms with Crippen LogP contribution >= 0.6 is 11.8 Å². The lowest BCUT2D eigenvalue weighted by Crippen LogP contribution is -2.42. The maximum absolute atomic E-state index is 13.5. The van der Waals surface area contributed by atoms with E-state index in [0.29, 0.717) is 35.8 Å². The van der Waals surface area contributed by atoms with Crippen molar-refractivity contribution in [1.29, 1.82) is 0 Å². The second-order valence-electron chi connectivity index (χ2n) is 6.91. The van der Waals surface area contributed by atoms with Crippen LogP contribution in [0.1, 0.15) is 6.92 Å². The first kappa shape index (κ1) is 24.2. The molecule has 2 aromatic carbocycles. The van der Waals surface area contributed by atoms with Crippen LogP contribution in [0.15, 0.2) is 64.3 Å². The second-order valence-corrected chi connectivity index (χ2v) is 9.28. The van der Waals surface area contributed by atoms with Gasteiger partial charge in [-0.15, -0.1) is 11.8 Å². The number of hydrogen-bond donors (Lipinski definition) is 1. The third-order valence-electron chi connectivity index (χ3n) is 4.97. The molecule has 0 saturated heterocycles. The number of rotatable bonds is 8. The molecule has 1 N–H and O–H groups in total. The molecule has 2 atom stereocenters. The summed E-state index contributed by atoms with van der Waals surface area (Å²) in [5, 5.41) is 8.75. The Hall–Kier alpha value is -2.40. The molecule has 1 aliphatic rings. The number of likely N-dealkylation sites (N-methyl/N-ethyl adjacent to an activating group) is 1. The Bertz CT molecular complexity index is 1020. The van der Waals surface area contributed by atoms with Gasteiger partial charge in [0, 0.05) is 32.0 Å². The molecule has 0 aliphatic carbocycles. The Morgan fingerprint density at radius 3 is 2.69 bits per heavy atom. The highest BCUT2D eigenvalue weighted by atomic mass is 32.2. The molecule has 0 bridgehead atoms. The molecular weight excluding hydrogens is 455 g/mol. The van der Waals surface area contributed by atoms with Gasteiger partial charge in [-0.05, 0) is 31.4 Å². The molecule has 0 aromatic heterocycles. The fourth-order valence-corrected chi connectivity index (χ4v) is 5.08. The summed E-state index contributed by atoms with van der Waals surface area (Å²) in [6, 6.07) is 13.0. The zero-order valence-electron chi connectivity index (χ0n) is 18.0. The number of fused-ring (bicyclic) bond motifs is 1. The molecule has 10 heteroatoms. The lowest BCUT2D eigenvalue weighted by Gasteiger charge is -2.29. The van der Waals surface area contributed by atoms with E-state index in [1.807, 2.05) is 49.6 Å². The number of thioether (sulfide) groups is 1. The van der Waals surface area contributed by atoms with E-state index in [9.17, 15) is 13.4 Å². The first-order valence-electron chi connectivity index (χ1n) is 9.90. The fraction of sp³-hybridized carbons (Fsp3) is 0.318. The summed E-state index contributed by atoms with van der Waals surface area (Å²) < 4.78 is 39.7. The largest absolute Gasteiger partial charge is 0.476 e. The van der Waals surface area contributed by atoms with Crippen LogP contribution in [0.4, 0.5) is 15.8 Å². The number of anilines is 2. The van der Waals surface area contributed by atoms with Gasteiger partial charge in [0.15, 0.2) is 0 Å². The molecule has 0 amide bonds. The molecule has 0 saturated carbocycles. The average Bonchev–Trinajstić information content (AvgIpc) is 2.90. The Labute approximate surface area is 193 Å². The molecule has 32 heavy (non-hydrogen) atoms. The quantitative estimate of drug-likeness (QED) is 0.345. The molecule has 0 radical (unpaired) electrons. The van der Waals surface area contributed by atoms with E-state index in [1.165, 1.54) is 11.8 Å². The summed E-state index contributed by atoms with van der Waals surface area (Å²) in [6.45, 7) is 3.41. The van der Waals surface area contributed by atoms with Gasteiger partial charge in [-0.2, -0.15) is 4.39 Å². The zero-order chi connectivity index (χ0) is 23.3. The molecule has 1 aliphatic heterocycles. The van der Waals surface area contributed by atoms with Crippen molar-refractivity contribution in [3.05, 3.63) is 54.6 Å². The summed E-state index contributed by atoms with van der Waals surface area (Å²) in [6.07, 6.45) is 2.37. The molecule has 2 unspecified atom stereocenters. The minimum Gasteiger partial charge on any atom is -0.476 e. The van der Waals surface area contributed by atoms with Crippen molar-refractivity contribution in [1.82, 2.24) is 4.31 Å². The van der Waals surface area contributed by atoms with Crippen molar-refractivity contribution in [3.63, 3.8) is 0 Å². The predicted octanol–water partition coefficient (Wildman–Crippen LogP) is 4.19. The molecule has 172 valence electrons. The number of aliphatic carboxylic acids is 1. The average molecular weight is 481 g/mol. The number of carboxylic acid groups (broad SMARTS) is 1. The highest BCUT2D eigenvalue weighted by molar-refractivity contribution is 7.98. The van der Waals surface area contributed by atoms with E-state index < -0.39 is 22.8 Å². The summed E-state index contributed by atoms with van der Waals surface area (Å²) in [5.74, 6) is -2.92. The van der Waals surface area contributed by atoms with E-state index in [1.54, 1.807) is 17.4 Å². The van der Waals surface area contributed by atoms with Crippen molar-refractivity contribution >= 4 is 40.1 Å². The van der Waals surface area contributed by atoms with Crippen LogP contribution in [0.3, 0.4) is 0 Å². The molecule has 0 fully saturated rings. The maximum Gasteiger partial charge on any atom is 0.368 e. The van der Waals surface area contributed by atoms with Crippen molar-refractivity contribution in [2.45, 2.75) is 22.8 Å². The summed E-state index contributed by atoms with van der Waals surface area (Å²) >= 11 is 1.36. The third-order valence-corrected chi connectivity index (χ3v) is 7.25. The number of ether oxygens (including phenoxy) is 2. The van der Waals surface area contributed by atoms with Crippen LogP contribution in [0, 0.1) is 0 Å². The fourth-order valence-electron chi connectivity index (χ4n) is 3.28. The van der Waals surface area contributed by atoms with Gasteiger partial charge in [0.1, 0.15) is 23.0 Å².